The number of carbonyl (C=O) groups is 2. The highest BCUT2D eigenvalue weighted by atomic mass is 16.6. The molecule has 1 fully saturated rings. The van der Waals surface area contributed by atoms with E-state index in [1.165, 1.54) is 7.11 Å². The minimum absolute atomic E-state index is 0.0248. The number of methoxy groups -OCH3 is 3. The van der Waals surface area contributed by atoms with Crippen LogP contribution in [0.1, 0.15) is 25.0 Å². The number of cyclic esters (lactones) is 1. The second-order valence-corrected chi connectivity index (χ2v) is 8.12. The molecule has 2 aromatic carbocycles. The van der Waals surface area contributed by atoms with Crippen LogP contribution in [-0.4, -0.2) is 58.0 Å². The largest absolute Gasteiger partial charge is 0.493 e. The number of rotatable bonds is 10. The van der Waals surface area contributed by atoms with Crippen molar-refractivity contribution < 1.29 is 33.3 Å². The van der Waals surface area contributed by atoms with Crippen molar-refractivity contribution in [2.24, 2.45) is 11.8 Å². The van der Waals surface area contributed by atoms with E-state index in [9.17, 15) is 9.59 Å². The van der Waals surface area contributed by atoms with E-state index in [4.69, 9.17) is 23.7 Å². The summed E-state index contributed by atoms with van der Waals surface area (Å²) in [4.78, 5) is 26.4. The van der Waals surface area contributed by atoms with Gasteiger partial charge in [-0.2, -0.15) is 0 Å². The molecule has 0 N–H and O–H groups in total. The Kier molecular flexibility index (Phi) is 8.62. The Labute approximate surface area is 200 Å². The average molecular weight is 472 g/mol. The van der Waals surface area contributed by atoms with E-state index in [1.807, 2.05) is 44.2 Å². The van der Waals surface area contributed by atoms with E-state index < -0.39 is 6.09 Å². The molecule has 0 radical (unpaired) electrons. The second kappa shape index (κ2) is 11.6. The van der Waals surface area contributed by atoms with Gasteiger partial charge in [0.2, 0.25) is 0 Å². The zero-order valence-corrected chi connectivity index (χ0v) is 20.5. The first-order chi connectivity index (χ1) is 16.4. The van der Waals surface area contributed by atoms with Crippen LogP contribution in [0, 0.1) is 11.8 Å². The predicted octanol–water partition coefficient (Wildman–Crippen LogP) is 4.13. The smallest absolute Gasteiger partial charge is 0.415 e. The van der Waals surface area contributed by atoms with Gasteiger partial charge in [0.15, 0.2) is 23.0 Å². The van der Waals surface area contributed by atoms with E-state index in [0.717, 1.165) is 11.1 Å². The van der Waals surface area contributed by atoms with Gasteiger partial charge in [-0.05, 0) is 62.1 Å². The van der Waals surface area contributed by atoms with E-state index in [2.05, 4.69) is 0 Å². The highest BCUT2D eigenvalue weighted by Crippen LogP contribution is 2.35. The minimum Gasteiger partial charge on any atom is -0.493 e. The molecule has 1 saturated heterocycles. The molecule has 8 heteroatoms. The molecule has 1 aliphatic rings. The van der Waals surface area contributed by atoms with Gasteiger partial charge in [-0.3, -0.25) is 4.79 Å². The van der Waals surface area contributed by atoms with Gasteiger partial charge in [-0.15, -0.1) is 0 Å². The third-order valence-corrected chi connectivity index (χ3v) is 6.16. The number of hydrogen-bond acceptors (Lipinski definition) is 7. The standard InChI is InChI=1S/C26H33NO7/c1-6-27(7-2)26(29)34-22-11-9-18(15-24(22)32-5)13-20-19(16-33-25(20)28)12-17-8-10-21(30-3)23(14-17)31-4/h8-11,14-15,19-20H,6-7,12-13,16H2,1-5H3/t19-,20+/m0/s1. The van der Waals surface area contributed by atoms with E-state index >= 15 is 0 Å². The summed E-state index contributed by atoms with van der Waals surface area (Å²) in [5.41, 5.74) is 1.95. The van der Waals surface area contributed by atoms with Crippen molar-refractivity contribution in [1.29, 1.82) is 0 Å². The Bertz CT molecular complexity index is 1000. The van der Waals surface area contributed by atoms with Gasteiger partial charge >= 0.3 is 12.1 Å². The Balaban J connectivity index is 1.74. The van der Waals surface area contributed by atoms with E-state index in [0.29, 0.717) is 55.5 Å². The molecule has 8 nitrogen and oxygen atoms in total. The predicted molar refractivity (Wildman–Crippen MR) is 127 cm³/mol. The minimum atomic E-state index is -0.426. The normalized spacial score (nSPS) is 17.1. The summed E-state index contributed by atoms with van der Waals surface area (Å²) in [6.07, 6.45) is 0.746. The van der Waals surface area contributed by atoms with Crippen molar-refractivity contribution in [3.05, 3.63) is 47.5 Å². The maximum atomic E-state index is 12.5. The van der Waals surface area contributed by atoms with Crippen LogP contribution in [0.3, 0.4) is 0 Å². The number of nitrogens with zero attached hydrogens (tertiary/aromatic N) is 1. The van der Waals surface area contributed by atoms with Crippen molar-refractivity contribution >= 4 is 12.1 Å². The molecular formula is C26H33NO7. The van der Waals surface area contributed by atoms with Crippen molar-refractivity contribution in [2.75, 3.05) is 41.0 Å². The number of ether oxygens (including phenoxy) is 5. The van der Waals surface area contributed by atoms with Gasteiger partial charge in [0.25, 0.3) is 0 Å². The lowest BCUT2D eigenvalue weighted by Gasteiger charge is -2.20. The van der Waals surface area contributed by atoms with Crippen molar-refractivity contribution in [3.63, 3.8) is 0 Å². The molecule has 1 aliphatic heterocycles. The summed E-state index contributed by atoms with van der Waals surface area (Å²) in [5.74, 6) is 1.64. The number of carbonyl (C=O) groups excluding carboxylic acids is 2. The van der Waals surface area contributed by atoms with Crippen molar-refractivity contribution in [3.8, 4) is 23.0 Å². The third kappa shape index (κ3) is 5.73. The highest BCUT2D eigenvalue weighted by Gasteiger charge is 2.37. The van der Waals surface area contributed by atoms with Crippen LogP contribution in [0.2, 0.25) is 0 Å². The van der Waals surface area contributed by atoms with Gasteiger partial charge in [0.1, 0.15) is 0 Å². The van der Waals surface area contributed by atoms with Crippen LogP contribution in [0.25, 0.3) is 0 Å². The van der Waals surface area contributed by atoms with Crippen LogP contribution < -0.4 is 18.9 Å². The molecule has 0 bridgehead atoms. The Hall–Kier alpha value is -3.42. The van der Waals surface area contributed by atoms with Crippen LogP contribution in [-0.2, 0) is 22.4 Å². The summed E-state index contributed by atoms with van der Waals surface area (Å²) in [6.45, 7) is 5.27. The lowest BCUT2D eigenvalue weighted by Crippen LogP contribution is -2.33. The molecule has 0 unspecified atom stereocenters. The fraction of sp³-hybridized carbons (Fsp3) is 0.462. The van der Waals surface area contributed by atoms with E-state index in [-0.39, 0.29) is 17.8 Å². The number of amides is 1. The zero-order chi connectivity index (χ0) is 24.7. The average Bonchev–Trinajstić information content (AvgIpc) is 3.19. The lowest BCUT2D eigenvalue weighted by atomic mass is 9.85. The molecule has 184 valence electrons. The third-order valence-electron chi connectivity index (χ3n) is 6.16. The molecule has 0 aliphatic carbocycles. The topological polar surface area (TPSA) is 83.5 Å². The molecule has 0 saturated carbocycles. The number of hydrogen-bond donors (Lipinski definition) is 0. The maximum absolute atomic E-state index is 12.5. The zero-order valence-electron chi connectivity index (χ0n) is 20.5. The molecule has 1 heterocycles. The fourth-order valence-electron chi connectivity index (χ4n) is 4.18. The first kappa shape index (κ1) is 25.2. The van der Waals surface area contributed by atoms with Crippen LogP contribution in [0.4, 0.5) is 4.79 Å². The van der Waals surface area contributed by atoms with Gasteiger partial charge < -0.3 is 28.6 Å². The second-order valence-electron chi connectivity index (χ2n) is 8.12. The van der Waals surface area contributed by atoms with Crippen LogP contribution in [0.5, 0.6) is 23.0 Å². The Morgan fingerprint density at radius 2 is 1.44 bits per heavy atom. The first-order valence-electron chi connectivity index (χ1n) is 11.4. The SMILES string of the molecule is CCN(CC)C(=O)Oc1ccc(C[C@H]2C(=O)OC[C@@H]2Cc2ccc(OC)c(OC)c2)cc1OC. The maximum Gasteiger partial charge on any atom is 0.415 e. The fourth-order valence-corrected chi connectivity index (χ4v) is 4.18. The van der Waals surface area contributed by atoms with Gasteiger partial charge in [-0.25, -0.2) is 4.79 Å². The van der Waals surface area contributed by atoms with Gasteiger partial charge in [0, 0.05) is 19.0 Å². The van der Waals surface area contributed by atoms with Crippen molar-refractivity contribution in [1.82, 2.24) is 4.90 Å². The molecule has 2 aromatic rings. The quantitative estimate of drug-likeness (QED) is 0.482. The van der Waals surface area contributed by atoms with Gasteiger partial charge in [-0.1, -0.05) is 12.1 Å². The molecule has 3 rings (SSSR count). The monoisotopic (exact) mass is 471 g/mol. The molecule has 34 heavy (non-hydrogen) atoms. The summed E-state index contributed by atoms with van der Waals surface area (Å²) in [5, 5.41) is 0. The lowest BCUT2D eigenvalue weighted by molar-refractivity contribution is -0.141. The number of benzene rings is 2. The van der Waals surface area contributed by atoms with E-state index in [1.54, 1.807) is 25.2 Å². The highest BCUT2D eigenvalue weighted by molar-refractivity contribution is 5.75. The Morgan fingerprint density at radius 1 is 0.882 bits per heavy atom. The Morgan fingerprint density at radius 3 is 2.03 bits per heavy atom. The van der Waals surface area contributed by atoms with Crippen LogP contribution in [0.15, 0.2) is 36.4 Å². The van der Waals surface area contributed by atoms with Crippen LogP contribution >= 0.6 is 0 Å². The molecule has 1 amide bonds. The van der Waals surface area contributed by atoms with Crippen molar-refractivity contribution in [2.45, 2.75) is 26.7 Å². The number of esters is 1. The molecular weight excluding hydrogens is 438 g/mol. The van der Waals surface area contributed by atoms with Gasteiger partial charge in [0.05, 0.1) is 33.9 Å². The molecule has 2 atom stereocenters. The molecule has 0 aromatic heterocycles. The summed E-state index contributed by atoms with van der Waals surface area (Å²) in [6, 6.07) is 11.1. The summed E-state index contributed by atoms with van der Waals surface area (Å²) in [7, 11) is 4.72. The first-order valence-corrected chi connectivity index (χ1v) is 11.4. The molecule has 0 spiro atoms. The summed E-state index contributed by atoms with van der Waals surface area (Å²) < 4.78 is 27.1. The summed E-state index contributed by atoms with van der Waals surface area (Å²) >= 11 is 0.